The third-order valence-corrected chi connectivity index (χ3v) is 4.93. The molecular weight excluding hydrogens is 356 g/mol. The Bertz CT molecular complexity index is 859. The van der Waals surface area contributed by atoms with Crippen molar-refractivity contribution < 1.29 is 14.7 Å². The van der Waals surface area contributed by atoms with Crippen molar-refractivity contribution in [2.24, 2.45) is 11.3 Å². The molecule has 0 unspecified atom stereocenters. The van der Waals surface area contributed by atoms with Gasteiger partial charge in [-0.2, -0.15) is 0 Å². The van der Waals surface area contributed by atoms with Gasteiger partial charge in [-0.15, -0.1) is 0 Å². The van der Waals surface area contributed by atoms with Gasteiger partial charge < -0.3 is 10.0 Å². The van der Waals surface area contributed by atoms with E-state index < -0.39 is 5.97 Å². The third-order valence-electron chi connectivity index (χ3n) is 4.93. The Hall–Kier alpha value is -2.83. The minimum Gasteiger partial charge on any atom is -0.478 e. The Morgan fingerprint density at radius 2 is 1.96 bits per heavy atom. The van der Waals surface area contributed by atoms with Crippen LogP contribution in [0.15, 0.2) is 30.9 Å². The molecule has 1 atom stereocenters. The molecule has 28 heavy (non-hydrogen) atoms. The predicted molar refractivity (Wildman–Crippen MR) is 105 cm³/mol. The van der Waals surface area contributed by atoms with Gasteiger partial charge in [0.2, 0.25) is 5.91 Å². The minimum atomic E-state index is -1.02. The molecule has 0 spiro atoms. The molecule has 1 aliphatic rings. The normalized spacial score (nSPS) is 17.4. The van der Waals surface area contributed by atoms with Gasteiger partial charge in [0.25, 0.3) is 0 Å². The SMILES string of the molecule is CC(C)(C)C(=O)N1CCC[C@@H](Cc2cnc(-c3cncc(C(=O)O)c3)cn2)C1. The number of aromatic carboxylic acids is 1. The van der Waals surface area contributed by atoms with Crippen LogP contribution in [0.4, 0.5) is 0 Å². The van der Waals surface area contributed by atoms with Crippen molar-refractivity contribution in [3.8, 4) is 11.3 Å². The maximum Gasteiger partial charge on any atom is 0.337 e. The molecule has 2 aromatic heterocycles. The molecule has 7 nitrogen and oxygen atoms in total. The highest BCUT2D eigenvalue weighted by Crippen LogP contribution is 2.25. The Morgan fingerprint density at radius 1 is 1.18 bits per heavy atom. The van der Waals surface area contributed by atoms with Crippen molar-refractivity contribution in [1.29, 1.82) is 0 Å². The maximum atomic E-state index is 12.5. The van der Waals surface area contributed by atoms with Crippen LogP contribution in [0.5, 0.6) is 0 Å². The molecule has 0 saturated carbocycles. The Morgan fingerprint density at radius 3 is 2.61 bits per heavy atom. The van der Waals surface area contributed by atoms with Crippen molar-refractivity contribution in [1.82, 2.24) is 19.9 Å². The molecule has 148 valence electrons. The summed E-state index contributed by atoms with van der Waals surface area (Å²) in [6.45, 7) is 7.44. The highest BCUT2D eigenvalue weighted by atomic mass is 16.4. The first-order chi connectivity index (χ1) is 13.2. The van der Waals surface area contributed by atoms with Crippen LogP contribution in [0.2, 0.25) is 0 Å². The highest BCUT2D eigenvalue weighted by Gasteiger charge is 2.31. The van der Waals surface area contributed by atoms with Gasteiger partial charge in [-0.1, -0.05) is 20.8 Å². The summed E-state index contributed by atoms with van der Waals surface area (Å²) in [7, 11) is 0. The van der Waals surface area contributed by atoms with Crippen LogP contribution in [0, 0.1) is 11.3 Å². The molecule has 1 aliphatic heterocycles. The fraction of sp³-hybridized carbons (Fsp3) is 0.476. The van der Waals surface area contributed by atoms with Gasteiger partial charge in [0, 0.05) is 42.7 Å². The Kier molecular flexibility index (Phi) is 5.72. The molecule has 1 saturated heterocycles. The highest BCUT2D eigenvalue weighted by molar-refractivity contribution is 5.88. The van der Waals surface area contributed by atoms with Crippen molar-refractivity contribution in [2.45, 2.75) is 40.0 Å². The summed E-state index contributed by atoms with van der Waals surface area (Å²) in [5, 5.41) is 9.09. The average Bonchev–Trinajstić information content (AvgIpc) is 2.67. The average molecular weight is 382 g/mol. The van der Waals surface area contributed by atoms with Crippen molar-refractivity contribution in [2.75, 3.05) is 13.1 Å². The van der Waals surface area contributed by atoms with Crippen molar-refractivity contribution in [3.63, 3.8) is 0 Å². The number of hydrogen-bond acceptors (Lipinski definition) is 5. The second-order valence-electron chi connectivity index (χ2n) is 8.37. The molecular formula is C21H26N4O3. The van der Waals surface area contributed by atoms with E-state index in [0.717, 1.165) is 38.0 Å². The summed E-state index contributed by atoms with van der Waals surface area (Å²) in [5.74, 6) is -0.452. The summed E-state index contributed by atoms with van der Waals surface area (Å²) in [4.78, 5) is 38.5. The fourth-order valence-corrected chi connectivity index (χ4v) is 3.49. The van der Waals surface area contributed by atoms with Crippen LogP contribution < -0.4 is 0 Å². The molecule has 3 rings (SSSR count). The zero-order valence-electron chi connectivity index (χ0n) is 16.6. The number of piperidine rings is 1. The van der Waals surface area contributed by atoms with E-state index in [9.17, 15) is 9.59 Å². The minimum absolute atomic E-state index is 0.120. The maximum absolute atomic E-state index is 12.5. The van der Waals surface area contributed by atoms with Crippen molar-refractivity contribution in [3.05, 3.63) is 42.1 Å². The Balaban J connectivity index is 1.67. The number of carbonyl (C=O) groups excluding carboxylic acids is 1. The van der Waals surface area contributed by atoms with Crippen LogP contribution in [0.3, 0.4) is 0 Å². The number of rotatable bonds is 4. The van der Waals surface area contributed by atoms with E-state index in [1.54, 1.807) is 18.6 Å². The first-order valence-corrected chi connectivity index (χ1v) is 9.53. The second kappa shape index (κ2) is 8.04. The van der Waals surface area contributed by atoms with E-state index in [1.165, 1.54) is 12.3 Å². The van der Waals surface area contributed by atoms with Gasteiger partial charge in [0.15, 0.2) is 0 Å². The van der Waals surface area contributed by atoms with E-state index in [4.69, 9.17) is 5.11 Å². The zero-order valence-corrected chi connectivity index (χ0v) is 16.6. The molecule has 0 radical (unpaired) electrons. The predicted octanol–water partition coefficient (Wildman–Crippen LogP) is 3.06. The lowest BCUT2D eigenvalue weighted by Crippen LogP contribution is -2.45. The van der Waals surface area contributed by atoms with E-state index in [2.05, 4.69) is 15.0 Å². The third kappa shape index (κ3) is 4.71. The number of carbonyl (C=O) groups is 2. The summed E-state index contributed by atoms with van der Waals surface area (Å²) < 4.78 is 0. The van der Waals surface area contributed by atoms with Gasteiger partial charge >= 0.3 is 5.97 Å². The lowest BCUT2D eigenvalue weighted by Gasteiger charge is -2.36. The van der Waals surface area contributed by atoms with E-state index in [-0.39, 0.29) is 16.9 Å². The lowest BCUT2D eigenvalue weighted by molar-refractivity contribution is -0.141. The van der Waals surface area contributed by atoms with Crippen LogP contribution in [0.1, 0.15) is 49.7 Å². The molecule has 1 fully saturated rings. The smallest absolute Gasteiger partial charge is 0.337 e. The summed E-state index contributed by atoms with van der Waals surface area (Å²) >= 11 is 0. The number of aromatic nitrogens is 3. The number of likely N-dealkylation sites (tertiary alicyclic amines) is 1. The number of carboxylic acid groups (broad SMARTS) is 1. The number of nitrogens with zero attached hydrogens (tertiary/aromatic N) is 4. The van der Waals surface area contributed by atoms with Crippen LogP contribution in [-0.2, 0) is 11.2 Å². The van der Waals surface area contributed by atoms with E-state index in [1.807, 2.05) is 25.7 Å². The monoisotopic (exact) mass is 382 g/mol. The lowest BCUT2D eigenvalue weighted by atomic mass is 9.89. The van der Waals surface area contributed by atoms with E-state index in [0.29, 0.717) is 17.2 Å². The first kappa shape index (κ1) is 19.9. The number of pyridine rings is 1. The fourth-order valence-electron chi connectivity index (χ4n) is 3.49. The molecule has 7 heteroatoms. The standard InChI is InChI=1S/C21H26N4O3/c1-21(2,3)20(28)25-6-4-5-14(13-25)7-17-11-24-18(12-23-17)15-8-16(19(26)27)10-22-9-15/h8-12,14H,4-7,13H2,1-3H3,(H,26,27)/t14-/m0/s1. The topological polar surface area (TPSA) is 96.3 Å². The van der Waals surface area contributed by atoms with Crippen LogP contribution in [-0.4, -0.2) is 49.9 Å². The molecule has 1 N–H and O–H groups in total. The molecule has 1 amide bonds. The first-order valence-electron chi connectivity index (χ1n) is 9.53. The van der Waals surface area contributed by atoms with Gasteiger partial charge in [-0.25, -0.2) is 4.79 Å². The number of carboxylic acids is 1. The largest absolute Gasteiger partial charge is 0.478 e. The molecule has 3 heterocycles. The van der Waals surface area contributed by atoms with Gasteiger partial charge in [0.1, 0.15) is 0 Å². The molecule has 0 aliphatic carbocycles. The van der Waals surface area contributed by atoms with Gasteiger partial charge in [-0.05, 0) is 31.2 Å². The van der Waals surface area contributed by atoms with Gasteiger partial charge in [-0.3, -0.25) is 19.7 Å². The van der Waals surface area contributed by atoms with Crippen LogP contribution in [0.25, 0.3) is 11.3 Å². The Labute approximate surface area is 164 Å². The van der Waals surface area contributed by atoms with Crippen molar-refractivity contribution >= 4 is 11.9 Å². The van der Waals surface area contributed by atoms with Crippen LogP contribution >= 0.6 is 0 Å². The summed E-state index contributed by atoms with van der Waals surface area (Å²) in [6.07, 6.45) is 9.11. The number of amides is 1. The quantitative estimate of drug-likeness (QED) is 0.873. The molecule has 2 aromatic rings. The second-order valence-corrected chi connectivity index (χ2v) is 8.37. The summed E-state index contributed by atoms with van der Waals surface area (Å²) in [5.41, 5.74) is 1.85. The molecule has 0 bridgehead atoms. The van der Waals surface area contributed by atoms with E-state index >= 15 is 0 Å². The van der Waals surface area contributed by atoms with Gasteiger partial charge in [0.05, 0.1) is 23.1 Å². The molecule has 0 aromatic carbocycles. The number of hydrogen-bond donors (Lipinski definition) is 1. The zero-order chi connectivity index (χ0) is 20.3. The summed E-state index contributed by atoms with van der Waals surface area (Å²) in [6, 6.07) is 1.54.